The van der Waals surface area contributed by atoms with E-state index < -0.39 is 5.82 Å². The number of nitrogens with zero attached hydrogens (tertiary/aromatic N) is 6. The molecule has 0 radical (unpaired) electrons. The van der Waals surface area contributed by atoms with Crippen LogP contribution in [0.4, 0.5) is 14.6 Å². The van der Waals surface area contributed by atoms with Gasteiger partial charge in [-0.05, 0) is 49.7 Å². The number of carbonyl (C=O) groups excluding carboxylic acids is 1. The second-order valence-corrected chi connectivity index (χ2v) is 9.53. The minimum absolute atomic E-state index is 0.0903. The first-order valence-corrected chi connectivity index (χ1v) is 12.7. The number of rotatable bonds is 6. The van der Waals surface area contributed by atoms with Gasteiger partial charge < -0.3 is 9.80 Å². The first-order chi connectivity index (χ1) is 17.9. The van der Waals surface area contributed by atoms with E-state index in [4.69, 9.17) is 15.1 Å². The molecule has 1 amide bonds. The fourth-order valence-electron chi connectivity index (χ4n) is 4.88. The van der Waals surface area contributed by atoms with Gasteiger partial charge in [0.25, 0.3) is 5.91 Å². The van der Waals surface area contributed by atoms with Crippen LogP contribution in [0.5, 0.6) is 0 Å². The molecule has 1 aliphatic rings. The SMILES string of the molecule is CCC[C@H](C)c1nc(N2CCN(C(=O)c3ccccc3F)CC2)c2c(C)nn(-c3ccc(F)cc3)c2n1. The van der Waals surface area contributed by atoms with Gasteiger partial charge in [-0.25, -0.2) is 23.4 Å². The van der Waals surface area contributed by atoms with Crippen molar-refractivity contribution >= 4 is 22.8 Å². The summed E-state index contributed by atoms with van der Waals surface area (Å²) in [5.41, 5.74) is 2.26. The Labute approximate surface area is 214 Å². The Morgan fingerprint density at radius 1 is 1.00 bits per heavy atom. The third-order valence-electron chi connectivity index (χ3n) is 6.90. The molecule has 0 saturated carbocycles. The molecule has 0 spiro atoms. The molecule has 1 saturated heterocycles. The average molecular weight is 505 g/mol. The number of fused-ring (bicyclic) bond motifs is 1. The summed E-state index contributed by atoms with van der Waals surface area (Å²) in [5.74, 6) is 0.541. The molecule has 7 nitrogen and oxygen atoms in total. The van der Waals surface area contributed by atoms with Gasteiger partial charge in [0.2, 0.25) is 0 Å². The van der Waals surface area contributed by atoms with Crippen LogP contribution >= 0.6 is 0 Å². The Bertz CT molecular complexity index is 1430. The number of carbonyl (C=O) groups is 1. The molecular weight excluding hydrogens is 474 g/mol. The van der Waals surface area contributed by atoms with E-state index in [9.17, 15) is 13.6 Å². The van der Waals surface area contributed by atoms with Gasteiger partial charge in [0.1, 0.15) is 23.3 Å². The molecule has 2 aromatic carbocycles. The maximum absolute atomic E-state index is 14.2. The minimum Gasteiger partial charge on any atom is -0.352 e. The fraction of sp³-hybridized carbons (Fsp3) is 0.357. The molecule has 9 heteroatoms. The van der Waals surface area contributed by atoms with Crippen LogP contribution in [0.25, 0.3) is 16.7 Å². The zero-order valence-corrected chi connectivity index (χ0v) is 21.3. The Morgan fingerprint density at radius 3 is 2.38 bits per heavy atom. The molecule has 5 rings (SSSR count). The van der Waals surface area contributed by atoms with Crippen LogP contribution in [-0.4, -0.2) is 56.7 Å². The quantitative estimate of drug-likeness (QED) is 0.358. The Hall–Kier alpha value is -3.88. The van der Waals surface area contributed by atoms with Crippen molar-refractivity contribution in [3.63, 3.8) is 0 Å². The van der Waals surface area contributed by atoms with Crippen molar-refractivity contribution in [2.75, 3.05) is 31.1 Å². The number of aryl methyl sites for hydroxylation is 1. The number of hydrogen-bond donors (Lipinski definition) is 0. The predicted octanol–water partition coefficient (Wildman–Crippen LogP) is 5.27. The zero-order valence-electron chi connectivity index (χ0n) is 21.3. The largest absolute Gasteiger partial charge is 0.352 e. The van der Waals surface area contributed by atoms with Crippen LogP contribution in [0.1, 0.15) is 54.5 Å². The summed E-state index contributed by atoms with van der Waals surface area (Å²) in [6, 6.07) is 12.3. The number of amides is 1. The maximum Gasteiger partial charge on any atom is 0.256 e. The molecule has 1 fully saturated rings. The number of aromatic nitrogens is 4. The highest BCUT2D eigenvalue weighted by Crippen LogP contribution is 2.32. The Kier molecular flexibility index (Phi) is 6.86. The highest BCUT2D eigenvalue weighted by molar-refractivity contribution is 5.95. The molecule has 1 atom stereocenters. The second-order valence-electron chi connectivity index (χ2n) is 9.53. The third kappa shape index (κ3) is 4.77. The molecule has 0 N–H and O–H groups in total. The first kappa shape index (κ1) is 24.8. The van der Waals surface area contributed by atoms with E-state index in [1.807, 2.05) is 6.92 Å². The zero-order chi connectivity index (χ0) is 26.1. The standard InChI is InChI=1S/C28H30F2N6O/c1-4-7-18(2)25-31-26(24-19(3)33-36(27(24)32-25)21-12-10-20(29)11-13-21)34-14-16-35(17-15-34)28(37)22-8-5-6-9-23(22)30/h5-6,8-13,18H,4,7,14-17H2,1-3H3/t18-/m0/s1. The van der Waals surface area contributed by atoms with E-state index in [2.05, 4.69) is 18.7 Å². The van der Waals surface area contributed by atoms with Crippen molar-refractivity contribution in [3.8, 4) is 5.69 Å². The summed E-state index contributed by atoms with van der Waals surface area (Å²) >= 11 is 0. The number of hydrogen-bond acceptors (Lipinski definition) is 5. The fourth-order valence-corrected chi connectivity index (χ4v) is 4.88. The van der Waals surface area contributed by atoms with Crippen LogP contribution in [0.2, 0.25) is 0 Å². The molecular formula is C28H30F2N6O. The van der Waals surface area contributed by atoms with E-state index >= 15 is 0 Å². The van der Waals surface area contributed by atoms with Crippen molar-refractivity contribution in [3.05, 3.63) is 77.2 Å². The minimum atomic E-state index is -0.508. The summed E-state index contributed by atoms with van der Waals surface area (Å²) in [6.07, 6.45) is 1.95. The van der Waals surface area contributed by atoms with Crippen LogP contribution < -0.4 is 4.90 Å². The van der Waals surface area contributed by atoms with Gasteiger partial charge in [0.05, 0.1) is 22.3 Å². The summed E-state index contributed by atoms with van der Waals surface area (Å²) in [4.78, 5) is 26.7. The molecule has 37 heavy (non-hydrogen) atoms. The van der Waals surface area contributed by atoms with Gasteiger partial charge >= 0.3 is 0 Å². The molecule has 0 bridgehead atoms. The monoisotopic (exact) mass is 504 g/mol. The molecule has 0 aliphatic carbocycles. The van der Waals surface area contributed by atoms with Crippen molar-refractivity contribution in [2.45, 2.75) is 39.5 Å². The summed E-state index contributed by atoms with van der Waals surface area (Å²) < 4.78 is 29.5. The van der Waals surface area contributed by atoms with Crippen molar-refractivity contribution in [1.29, 1.82) is 0 Å². The normalized spacial score (nSPS) is 14.8. The van der Waals surface area contributed by atoms with Crippen LogP contribution in [-0.2, 0) is 0 Å². The van der Waals surface area contributed by atoms with Gasteiger partial charge in [-0.15, -0.1) is 0 Å². The smallest absolute Gasteiger partial charge is 0.256 e. The number of piperazine rings is 1. The van der Waals surface area contributed by atoms with E-state index in [0.717, 1.165) is 41.3 Å². The van der Waals surface area contributed by atoms with Crippen molar-refractivity contribution in [2.24, 2.45) is 0 Å². The molecule has 2 aromatic heterocycles. The van der Waals surface area contributed by atoms with Gasteiger partial charge in [-0.2, -0.15) is 5.10 Å². The predicted molar refractivity (Wildman–Crippen MR) is 139 cm³/mol. The summed E-state index contributed by atoms with van der Waals surface area (Å²) in [6.45, 7) is 8.17. The lowest BCUT2D eigenvalue weighted by molar-refractivity contribution is 0.0742. The van der Waals surface area contributed by atoms with Gasteiger partial charge in [0, 0.05) is 32.1 Å². The molecule has 3 heterocycles. The van der Waals surface area contributed by atoms with E-state index in [0.29, 0.717) is 31.8 Å². The van der Waals surface area contributed by atoms with Crippen LogP contribution in [0.3, 0.4) is 0 Å². The van der Waals surface area contributed by atoms with E-state index in [1.165, 1.54) is 24.3 Å². The number of anilines is 1. The highest BCUT2D eigenvalue weighted by atomic mass is 19.1. The van der Waals surface area contributed by atoms with Crippen molar-refractivity contribution in [1.82, 2.24) is 24.6 Å². The third-order valence-corrected chi connectivity index (χ3v) is 6.90. The molecule has 0 unspecified atom stereocenters. The lowest BCUT2D eigenvalue weighted by atomic mass is 10.1. The van der Waals surface area contributed by atoms with E-state index in [1.54, 1.807) is 33.8 Å². The molecule has 192 valence electrons. The Morgan fingerprint density at radius 2 is 1.70 bits per heavy atom. The van der Waals surface area contributed by atoms with Crippen LogP contribution in [0.15, 0.2) is 48.5 Å². The Balaban J connectivity index is 1.51. The second kappa shape index (κ2) is 10.2. The topological polar surface area (TPSA) is 67.2 Å². The lowest BCUT2D eigenvalue weighted by Crippen LogP contribution is -2.49. The van der Waals surface area contributed by atoms with Gasteiger partial charge in [0.15, 0.2) is 5.65 Å². The molecule has 1 aliphatic heterocycles. The van der Waals surface area contributed by atoms with Gasteiger partial charge in [-0.1, -0.05) is 32.4 Å². The average Bonchev–Trinajstić information content (AvgIpc) is 3.25. The summed E-state index contributed by atoms with van der Waals surface area (Å²) in [5, 5.41) is 5.58. The van der Waals surface area contributed by atoms with E-state index in [-0.39, 0.29) is 23.2 Å². The lowest BCUT2D eigenvalue weighted by Gasteiger charge is -2.36. The number of halogens is 2. The summed E-state index contributed by atoms with van der Waals surface area (Å²) in [7, 11) is 0. The van der Waals surface area contributed by atoms with Gasteiger partial charge in [-0.3, -0.25) is 4.79 Å². The first-order valence-electron chi connectivity index (χ1n) is 12.7. The molecule has 4 aromatic rings. The number of benzene rings is 2. The highest BCUT2D eigenvalue weighted by Gasteiger charge is 2.28. The van der Waals surface area contributed by atoms with Crippen LogP contribution in [0, 0.1) is 18.6 Å². The van der Waals surface area contributed by atoms with Crippen molar-refractivity contribution < 1.29 is 13.6 Å². The maximum atomic E-state index is 14.2.